The fourth-order valence-electron chi connectivity index (χ4n) is 6.94. The number of ketones is 1. The lowest BCUT2D eigenvalue weighted by Gasteiger charge is -2.56. The van der Waals surface area contributed by atoms with Gasteiger partial charge in [0.15, 0.2) is 5.78 Å². The van der Waals surface area contributed by atoms with E-state index >= 15 is 0 Å². The minimum atomic E-state index is -0.0867. The lowest BCUT2D eigenvalue weighted by atomic mass is 9.48. The standard InChI is InChI=1S/C20H30O2/c1-19(2)11-13(21)10-12-4-5-14-15(18(12)19)8-9-20(3)16(14)6-7-17(20)22/h10,14-18,22H,4-9,11H2,1-3H3/t14-,15+,16+,17-,18+,20+/m1/s1. The van der Waals surface area contributed by atoms with E-state index in [0.717, 1.165) is 31.1 Å². The van der Waals surface area contributed by atoms with Gasteiger partial charge in [-0.2, -0.15) is 0 Å². The third kappa shape index (κ3) is 1.92. The Morgan fingerprint density at radius 2 is 1.86 bits per heavy atom. The normalized spacial score (nSPS) is 49.9. The predicted octanol–water partition coefficient (Wildman–Crippen LogP) is 4.13. The van der Waals surface area contributed by atoms with Gasteiger partial charge in [0.2, 0.25) is 0 Å². The number of hydrogen-bond donors (Lipinski definition) is 1. The monoisotopic (exact) mass is 302 g/mol. The van der Waals surface area contributed by atoms with Crippen molar-refractivity contribution in [2.75, 3.05) is 0 Å². The zero-order valence-electron chi connectivity index (χ0n) is 14.3. The van der Waals surface area contributed by atoms with Crippen LogP contribution in [0.5, 0.6) is 0 Å². The molecular formula is C20H30O2. The van der Waals surface area contributed by atoms with Crippen LogP contribution in [0.1, 0.15) is 65.7 Å². The molecule has 0 spiro atoms. The number of allylic oxidation sites excluding steroid dienone is 1. The molecule has 3 fully saturated rings. The van der Waals surface area contributed by atoms with Gasteiger partial charge in [-0.25, -0.2) is 0 Å². The zero-order chi connectivity index (χ0) is 15.7. The number of rotatable bonds is 0. The van der Waals surface area contributed by atoms with Crippen LogP contribution >= 0.6 is 0 Å². The second-order valence-electron chi connectivity index (χ2n) is 9.44. The van der Waals surface area contributed by atoms with Crippen LogP contribution in [0.3, 0.4) is 0 Å². The average Bonchev–Trinajstić information content (AvgIpc) is 2.73. The fourth-order valence-corrected chi connectivity index (χ4v) is 6.94. The van der Waals surface area contributed by atoms with Crippen LogP contribution in [-0.4, -0.2) is 17.0 Å². The third-order valence-corrected chi connectivity index (χ3v) is 7.85. The first-order valence-corrected chi connectivity index (χ1v) is 9.24. The van der Waals surface area contributed by atoms with Crippen molar-refractivity contribution in [1.29, 1.82) is 0 Å². The topological polar surface area (TPSA) is 37.3 Å². The van der Waals surface area contributed by atoms with Crippen molar-refractivity contribution in [3.05, 3.63) is 11.6 Å². The van der Waals surface area contributed by atoms with Crippen LogP contribution in [0.2, 0.25) is 0 Å². The molecule has 0 aromatic carbocycles. The maximum atomic E-state index is 12.1. The summed E-state index contributed by atoms with van der Waals surface area (Å²) >= 11 is 0. The van der Waals surface area contributed by atoms with Crippen molar-refractivity contribution in [2.24, 2.45) is 34.5 Å². The van der Waals surface area contributed by atoms with Crippen molar-refractivity contribution in [3.63, 3.8) is 0 Å². The largest absolute Gasteiger partial charge is 0.393 e. The van der Waals surface area contributed by atoms with Crippen molar-refractivity contribution in [1.82, 2.24) is 0 Å². The summed E-state index contributed by atoms with van der Waals surface area (Å²) in [7, 11) is 0. The quantitative estimate of drug-likeness (QED) is 0.730. The van der Waals surface area contributed by atoms with Crippen molar-refractivity contribution >= 4 is 5.78 Å². The Labute approximate surface area is 134 Å². The molecule has 0 radical (unpaired) electrons. The van der Waals surface area contributed by atoms with Gasteiger partial charge in [0, 0.05) is 6.42 Å². The molecule has 6 atom stereocenters. The van der Waals surface area contributed by atoms with Gasteiger partial charge in [0.05, 0.1) is 6.10 Å². The number of carbonyl (C=O) groups excluding carboxylic acids is 1. The average molecular weight is 302 g/mol. The van der Waals surface area contributed by atoms with E-state index in [0.29, 0.717) is 17.6 Å². The van der Waals surface area contributed by atoms with Gasteiger partial charge in [0.1, 0.15) is 0 Å². The molecular weight excluding hydrogens is 272 g/mol. The number of aliphatic hydroxyl groups excluding tert-OH is 1. The summed E-state index contributed by atoms with van der Waals surface area (Å²) in [5, 5.41) is 10.5. The first kappa shape index (κ1) is 14.9. The molecule has 0 amide bonds. The van der Waals surface area contributed by atoms with E-state index in [2.05, 4.69) is 20.8 Å². The van der Waals surface area contributed by atoms with Crippen LogP contribution < -0.4 is 0 Å². The molecule has 2 nitrogen and oxygen atoms in total. The summed E-state index contributed by atoms with van der Waals surface area (Å²) in [4.78, 5) is 12.1. The van der Waals surface area contributed by atoms with Gasteiger partial charge < -0.3 is 5.11 Å². The molecule has 0 saturated heterocycles. The highest BCUT2D eigenvalue weighted by atomic mass is 16.3. The molecule has 1 N–H and O–H groups in total. The molecule has 3 saturated carbocycles. The molecule has 4 rings (SSSR count). The van der Waals surface area contributed by atoms with Gasteiger partial charge in [-0.3, -0.25) is 4.79 Å². The van der Waals surface area contributed by atoms with Crippen LogP contribution in [-0.2, 0) is 4.79 Å². The minimum absolute atomic E-state index is 0.0867. The number of fused-ring (bicyclic) bond motifs is 5. The molecule has 0 heterocycles. The highest BCUT2D eigenvalue weighted by molar-refractivity contribution is 5.92. The molecule has 4 aliphatic carbocycles. The van der Waals surface area contributed by atoms with Crippen LogP contribution in [0, 0.1) is 34.5 Å². The molecule has 0 unspecified atom stereocenters. The van der Waals surface area contributed by atoms with Crippen molar-refractivity contribution in [3.8, 4) is 0 Å². The first-order valence-electron chi connectivity index (χ1n) is 9.24. The molecule has 0 bridgehead atoms. The van der Waals surface area contributed by atoms with Crippen LogP contribution in [0.25, 0.3) is 0 Å². The smallest absolute Gasteiger partial charge is 0.156 e. The van der Waals surface area contributed by atoms with E-state index in [1.165, 1.54) is 31.3 Å². The number of hydrogen-bond acceptors (Lipinski definition) is 2. The summed E-state index contributed by atoms with van der Waals surface area (Å²) in [5.41, 5.74) is 1.73. The molecule has 2 heteroatoms. The highest BCUT2D eigenvalue weighted by Crippen LogP contribution is 2.63. The van der Waals surface area contributed by atoms with E-state index in [1.807, 2.05) is 6.08 Å². The molecule has 122 valence electrons. The predicted molar refractivity (Wildman–Crippen MR) is 87.3 cm³/mol. The van der Waals surface area contributed by atoms with E-state index < -0.39 is 0 Å². The Morgan fingerprint density at radius 3 is 2.64 bits per heavy atom. The third-order valence-electron chi connectivity index (χ3n) is 7.85. The Kier molecular flexibility index (Phi) is 3.18. The van der Waals surface area contributed by atoms with Gasteiger partial charge >= 0.3 is 0 Å². The Balaban J connectivity index is 1.69. The highest BCUT2D eigenvalue weighted by Gasteiger charge is 2.58. The second-order valence-corrected chi connectivity index (χ2v) is 9.44. The summed E-state index contributed by atoms with van der Waals surface area (Å²) in [6.45, 7) is 6.96. The Bertz CT molecular complexity index is 532. The maximum absolute atomic E-state index is 12.1. The molecule has 0 aliphatic heterocycles. The molecule has 4 aliphatic rings. The van der Waals surface area contributed by atoms with Gasteiger partial charge in [0.25, 0.3) is 0 Å². The summed E-state index contributed by atoms with van der Waals surface area (Å²) < 4.78 is 0. The summed E-state index contributed by atoms with van der Waals surface area (Å²) in [5.74, 6) is 3.16. The van der Waals surface area contributed by atoms with Gasteiger partial charge in [-0.15, -0.1) is 0 Å². The van der Waals surface area contributed by atoms with Gasteiger partial charge in [-0.05, 0) is 79.1 Å². The SMILES string of the molecule is CC1(C)CC(=O)C=C2CC[C@@H]3[C@H](CC[C@]4(C)[C@H](O)CC[C@@H]34)[C@H]21. The zero-order valence-corrected chi connectivity index (χ0v) is 14.3. The Morgan fingerprint density at radius 1 is 1.09 bits per heavy atom. The maximum Gasteiger partial charge on any atom is 0.156 e. The number of aliphatic hydroxyl groups is 1. The van der Waals surface area contributed by atoms with Crippen LogP contribution in [0.4, 0.5) is 0 Å². The minimum Gasteiger partial charge on any atom is -0.393 e. The van der Waals surface area contributed by atoms with E-state index in [-0.39, 0.29) is 16.9 Å². The van der Waals surface area contributed by atoms with E-state index in [1.54, 1.807) is 0 Å². The number of carbonyl (C=O) groups is 1. The van der Waals surface area contributed by atoms with Crippen LogP contribution in [0.15, 0.2) is 11.6 Å². The van der Waals surface area contributed by atoms with Gasteiger partial charge in [-0.1, -0.05) is 26.3 Å². The van der Waals surface area contributed by atoms with Crippen molar-refractivity contribution in [2.45, 2.75) is 71.8 Å². The second kappa shape index (κ2) is 4.69. The molecule has 0 aromatic rings. The summed E-state index contributed by atoms with van der Waals surface area (Å²) in [6.07, 6.45) is 9.60. The van der Waals surface area contributed by atoms with E-state index in [9.17, 15) is 9.90 Å². The Hall–Kier alpha value is -0.630. The van der Waals surface area contributed by atoms with E-state index in [4.69, 9.17) is 0 Å². The van der Waals surface area contributed by atoms with Crippen molar-refractivity contribution < 1.29 is 9.90 Å². The molecule has 22 heavy (non-hydrogen) atoms. The lowest BCUT2D eigenvalue weighted by molar-refractivity contribution is -0.120. The lowest BCUT2D eigenvalue weighted by Crippen LogP contribution is -2.51. The first-order chi connectivity index (χ1) is 10.3. The fraction of sp³-hybridized carbons (Fsp3) is 0.850. The summed E-state index contributed by atoms with van der Waals surface area (Å²) in [6, 6.07) is 0. The molecule has 0 aromatic heterocycles.